The topological polar surface area (TPSA) is 208 Å². The minimum Gasteiger partial charge on any atom is -0.506 e. The van der Waals surface area contributed by atoms with Gasteiger partial charge in [0, 0.05) is 0 Å². The first-order chi connectivity index (χ1) is 28.6. The molecule has 0 atom stereocenters. The highest BCUT2D eigenvalue weighted by atomic mass is 19.4. The van der Waals surface area contributed by atoms with E-state index < -0.39 is 97.7 Å². The Bertz CT molecular complexity index is 2730. The predicted molar refractivity (Wildman–Crippen MR) is 207 cm³/mol. The first-order valence-electron chi connectivity index (χ1n) is 17.7. The van der Waals surface area contributed by atoms with Gasteiger partial charge in [0.1, 0.15) is 23.0 Å². The molecule has 0 radical (unpaired) electrons. The molecule has 8 rings (SSSR count). The fourth-order valence-corrected chi connectivity index (χ4v) is 7.60. The number of nitrogens with two attached hydrogens (primary N) is 2. The molecule has 0 unspecified atom stereocenters. The first-order valence-corrected chi connectivity index (χ1v) is 17.7. The molecule has 4 amide bonds. The summed E-state index contributed by atoms with van der Waals surface area (Å²) in [4.78, 5) is 55.2. The number of halogens is 6. The van der Waals surface area contributed by atoms with Crippen LogP contribution in [0.2, 0.25) is 0 Å². The molecular formula is C43H26F6N4O8. The van der Waals surface area contributed by atoms with Crippen molar-refractivity contribution in [2.75, 3.05) is 21.3 Å². The fourth-order valence-electron chi connectivity index (χ4n) is 7.60. The van der Waals surface area contributed by atoms with Crippen LogP contribution >= 0.6 is 0 Å². The van der Waals surface area contributed by atoms with Crippen LogP contribution < -0.4 is 21.3 Å². The standard InChI is InChI=1S/C43H26F6N4O8/c44-42(45,46)41(43(47,48)49,23-5-7-25-27(17-23)39(60)52(37(25)58)31-11-3-21(15-35(31)56)19-1-9-29(50)33(54)13-19)24-6-8-26-28(18-24)40(61)53(38(26)59)32-12-4-22(16-36(32)57)20-2-10-30(51)34(55)14-20/h1-18,54-57H,50-51H2. The van der Waals surface area contributed by atoms with E-state index in [1.54, 1.807) is 0 Å². The molecule has 18 heteroatoms. The Morgan fingerprint density at radius 1 is 0.393 bits per heavy atom. The number of aromatic hydroxyl groups is 4. The number of nitrogen functional groups attached to an aromatic ring is 2. The third kappa shape index (κ3) is 5.93. The number of benzene rings is 6. The summed E-state index contributed by atoms with van der Waals surface area (Å²) in [5.74, 6) is -7.00. The second kappa shape index (κ2) is 13.5. The van der Waals surface area contributed by atoms with Crippen molar-refractivity contribution >= 4 is 46.4 Å². The van der Waals surface area contributed by atoms with Crippen molar-refractivity contribution in [3.8, 4) is 45.3 Å². The molecule has 308 valence electrons. The summed E-state index contributed by atoms with van der Waals surface area (Å²) in [5, 5.41) is 41.7. The Hall–Kier alpha value is -8.02. The molecule has 2 aliphatic heterocycles. The van der Waals surface area contributed by atoms with Gasteiger partial charge in [0.2, 0.25) is 5.41 Å². The summed E-state index contributed by atoms with van der Waals surface area (Å²) < 4.78 is 92.3. The summed E-state index contributed by atoms with van der Waals surface area (Å²) in [6.07, 6.45) is -12.5. The van der Waals surface area contributed by atoms with Crippen LogP contribution in [-0.2, 0) is 5.41 Å². The van der Waals surface area contributed by atoms with Gasteiger partial charge in [-0.25, -0.2) is 9.80 Å². The van der Waals surface area contributed by atoms with E-state index >= 15 is 26.3 Å². The van der Waals surface area contributed by atoms with E-state index in [2.05, 4.69) is 0 Å². The smallest absolute Gasteiger partial charge is 0.411 e. The number of phenols is 4. The van der Waals surface area contributed by atoms with Gasteiger partial charge in [-0.2, -0.15) is 26.3 Å². The molecule has 6 aromatic carbocycles. The van der Waals surface area contributed by atoms with E-state index in [9.17, 15) is 39.6 Å². The molecule has 2 heterocycles. The monoisotopic (exact) mass is 840 g/mol. The Morgan fingerprint density at radius 2 is 0.705 bits per heavy atom. The van der Waals surface area contributed by atoms with Crippen LogP contribution in [0.15, 0.2) is 109 Å². The zero-order chi connectivity index (χ0) is 44.1. The van der Waals surface area contributed by atoms with E-state index in [0.29, 0.717) is 45.2 Å². The van der Waals surface area contributed by atoms with Crippen LogP contribution in [0.25, 0.3) is 22.3 Å². The number of imide groups is 2. The number of anilines is 4. The number of alkyl halides is 6. The normalized spacial score (nSPS) is 14.2. The highest BCUT2D eigenvalue weighted by Gasteiger charge is 2.73. The van der Waals surface area contributed by atoms with Gasteiger partial charge < -0.3 is 31.9 Å². The van der Waals surface area contributed by atoms with E-state index in [0.717, 1.165) is 24.3 Å². The largest absolute Gasteiger partial charge is 0.506 e. The number of rotatable bonds is 6. The number of hydrogen-bond donors (Lipinski definition) is 6. The molecule has 0 bridgehead atoms. The molecule has 0 spiro atoms. The number of hydrogen-bond acceptors (Lipinski definition) is 10. The van der Waals surface area contributed by atoms with Gasteiger partial charge in [-0.3, -0.25) is 19.2 Å². The second-order valence-electron chi connectivity index (χ2n) is 14.1. The van der Waals surface area contributed by atoms with E-state index in [4.69, 9.17) is 11.5 Å². The zero-order valence-corrected chi connectivity index (χ0v) is 30.6. The maximum atomic E-state index is 15.4. The Balaban J connectivity index is 1.18. The van der Waals surface area contributed by atoms with Crippen molar-refractivity contribution in [1.29, 1.82) is 0 Å². The number of carbonyl (C=O) groups excluding carboxylic acids is 4. The first kappa shape index (κ1) is 39.8. The number of phenolic OH excluding ortho intramolecular Hbond substituents is 4. The number of nitrogens with zero attached hydrogens (tertiary/aromatic N) is 2. The molecular weight excluding hydrogens is 814 g/mol. The maximum absolute atomic E-state index is 15.4. The van der Waals surface area contributed by atoms with Gasteiger partial charge in [0.05, 0.1) is 45.0 Å². The van der Waals surface area contributed by atoms with Crippen LogP contribution in [-0.4, -0.2) is 56.4 Å². The van der Waals surface area contributed by atoms with Gasteiger partial charge in [-0.05, 0) is 106 Å². The van der Waals surface area contributed by atoms with Gasteiger partial charge >= 0.3 is 12.4 Å². The van der Waals surface area contributed by atoms with Gasteiger partial charge in [-0.15, -0.1) is 0 Å². The number of amides is 4. The lowest BCUT2D eigenvalue weighted by molar-refractivity contribution is -0.288. The second-order valence-corrected chi connectivity index (χ2v) is 14.1. The molecule has 6 aromatic rings. The molecule has 0 fully saturated rings. The van der Waals surface area contributed by atoms with Crippen LogP contribution in [0, 0.1) is 0 Å². The molecule has 8 N–H and O–H groups in total. The Kier molecular flexibility index (Phi) is 8.82. The summed E-state index contributed by atoms with van der Waals surface area (Å²) in [6.45, 7) is 0. The lowest BCUT2D eigenvalue weighted by Crippen LogP contribution is -2.55. The summed E-state index contributed by atoms with van der Waals surface area (Å²) in [5.41, 5.74) is 0.760. The van der Waals surface area contributed by atoms with Crippen LogP contribution in [0.4, 0.5) is 49.1 Å². The average molecular weight is 841 g/mol. The van der Waals surface area contributed by atoms with Crippen LogP contribution in [0.5, 0.6) is 23.0 Å². The van der Waals surface area contributed by atoms with E-state index in [-0.39, 0.29) is 46.1 Å². The van der Waals surface area contributed by atoms with E-state index in [1.807, 2.05) is 0 Å². The van der Waals surface area contributed by atoms with E-state index in [1.165, 1.54) is 48.5 Å². The molecule has 61 heavy (non-hydrogen) atoms. The molecule has 12 nitrogen and oxygen atoms in total. The molecule has 0 saturated heterocycles. The SMILES string of the molecule is Nc1ccc(-c2ccc(N3C(=O)c4ccc(C(c5ccc6c(c5)C(=O)N(c5ccc(-c7ccc(N)c(O)c7)cc5O)C6=O)(C(F)(F)F)C(F)(F)F)cc4C3=O)c(O)c2)cc1O. The molecule has 0 aliphatic carbocycles. The van der Waals surface area contributed by atoms with Crippen molar-refractivity contribution in [3.63, 3.8) is 0 Å². The minimum atomic E-state index is -6.24. The third-order valence-corrected chi connectivity index (χ3v) is 10.6. The van der Waals surface area contributed by atoms with Gasteiger partial charge in [0.25, 0.3) is 23.6 Å². The van der Waals surface area contributed by atoms with Gasteiger partial charge in [0.15, 0.2) is 0 Å². The van der Waals surface area contributed by atoms with Crippen molar-refractivity contribution < 1.29 is 65.9 Å². The number of carbonyl (C=O) groups is 4. The summed E-state index contributed by atoms with van der Waals surface area (Å²) >= 11 is 0. The highest BCUT2D eigenvalue weighted by molar-refractivity contribution is 6.36. The predicted octanol–water partition coefficient (Wildman–Crippen LogP) is 8.02. The maximum Gasteiger partial charge on any atom is 0.411 e. The van der Waals surface area contributed by atoms with Crippen molar-refractivity contribution in [3.05, 3.63) is 143 Å². The highest BCUT2D eigenvalue weighted by Crippen LogP contribution is 2.57. The lowest BCUT2D eigenvalue weighted by atomic mass is 9.71. The molecule has 2 aliphatic rings. The van der Waals surface area contributed by atoms with Crippen molar-refractivity contribution in [2.24, 2.45) is 0 Å². The Morgan fingerprint density at radius 3 is 1.02 bits per heavy atom. The zero-order valence-electron chi connectivity index (χ0n) is 30.6. The van der Waals surface area contributed by atoms with Gasteiger partial charge in [-0.1, -0.05) is 36.4 Å². The van der Waals surface area contributed by atoms with Crippen LogP contribution in [0.1, 0.15) is 52.6 Å². The quantitative estimate of drug-likeness (QED) is 0.0412. The summed E-state index contributed by atoms with van der Waals surface area (Å²) in [7, 11) is 0. The lowest BCUT2D eigenvalue weighted by Gasteiger charge is -2.38. The summed E-state index contributed by atoms with van der Waals surface area (Å²) in [6, 6.07) is 17.9. The minimum absolute atomic E-state index is 0.0556. The molecule has 0 saturated carbocycles. The van der Waals surface area contributed by atoms with Crippen molar-refractivity contribution in [1.82, 2.24) is 0 Å². The third-order valence-electron chi connectivity index (χ3n) is 10.6. The fraction of sp³-hybridized carbons (Fsp3) is 0.0698. The average Bonchev–Trinajstić information content (AvgIpc) is 3.59. The van der Waals surface area contributed by atoms with Crippen LogP contribution in [0.3, 0.4) is 0 Å². The Labute approximate surface area is 338 Å². The molecule has 0 aromatic heterocycles. The number of fused-ring (bicyclic) bond motifs is 2. The van der Waals surface area contributed by atoms with Crippen molar-refractivity contribution in [2.45, 2.75) is 17.8 Å².